The topological polar surface area (TPSA) is 47.6 Å². The lowest BCUT2D eigenvalue weighted by atomic mass is 10.0. The molecule has 0 aliphatic heterocycles. The first-order valence-corrected chi connectivity index (χ1v) is 8.25. The molecule has 1 N–H and O–H groups in total. The Morgan fingerprint density at radius 1 is 1.12 bits per heavy atom. The van der Waals surface area contributed by atoms with Crippen molar-refractivity contribution in [2.75, 3.05) is 19.0 Å². The second-order valence-corrected chi connectivity index (χ2v) is 5.58. The molecule has 0 atom stereocenters. The number of para-hydroxylation sites is 1. The van der Waals surface area contributed by atoms with Gasteiger partial charge in [0.25, 0.3) is 5.91 Å². The molecule has 0 saturated carbocycles. The molecule has 1 amide bonds. The van der Waals surface area contributed by atoms with Crippen molar-refractivity contribution in [3.63, 3.8) is 0 Å². The minimum atomic E-state index is -0.126. The third-order valence-corrected chi connectivity index (χ3v) is 3.98. The van der Waals surface area contributed by atoms with Gasteiger partial charge < -0.3 is 14.8 Å². The summed E-state index contributed by atoms with van der Waals surface area (Å²) in [6.45, 7) is 7.06. The molecule has 4 nitrogen and oxygen atoms in total. The maximum Gasteiger partial charge on any atom is 0.255 e. The zero-order chi connectivity index (χ0) is 17.5. The van der Waals surface area contributed by atoms with E-state index in [9.17, 15) is 4.79 Å². The molecule has 0 radical (unpaired) electrons. The monoisotopic (exact) mass is 327 g/mol. The lowest BCUT2D eigenvalue weighted by Crippen LogP contribution is -2.15. The van der Waals surface area contributed by atoms with Crippen LogP contribution in [-0.4, -0.2) is 19.6 Å². The van der Waals surface area contributed by atoms with Gasteiger partial charge in [0.05, 0.1) is 13.7 Å². The molecule has 24 heavy (non-hydrogen) atoms. The molecule has 0 aromatic heterocycles. The molecule has 2 rings (SSSR count). The highest BCUT2D eigenvalue weighted by Gasteiger charge is 2.13. The van der Waals surface area contributed by atoms with Gasteiger partial charge in [-0.05, 0) is 49.6 Å². The largest absolute Gasteiger partial charge is 0.496 e. The maximum atomic E-state index is 12.7. The van der Waals surface area contributed by atoms with Crippen LogP contribution in [0.15, 0.2) is 36.4 Å². The van der Waals surface area contributed by atoms with E-state index in [0.717, 1.165) is 34.5 Å². The molecule has 128 valence electrons. The second kappa shape index (κ2) is 8.50. The highest BCUT2D eigenvalue weighted by Crippen LogP contribution is 2.24. The van der Waals surface area contributed by atoms with Crippen LogP contribution in [0.5, 0.6) is 5.75 Å². The molecule has 0 heterocycles. The number of hydrogen-bond donors (Lipinski definition) is 1. The van der Waals surface area contributed by atoms with Gasteiger partial charge in [-0.2, -0.15) is 0 Å². The summed E-state index contributed by atoms with van der Waals surface area (Å²) in [6.07, 6.45) is 0.871. The molecule has 0 spiro atoms. The number of hydrogen-bond acceptors (Lipinski definition) is 3. The zero-order valence-electron chi connectivity index (χ0n) is 14.8. The number of nitrogens with one attached hydrogen (secondary N) is 1. The van der Waals surface area contributed by atoms with Gasteiger partial charge in [0.2, 0.25) is 0 Å². The summed E-state index contributed by atoms with van der Waals surface area (Å²) in [4.78, 5) is 12.7. The summed E-state index contributed by atoms with van der Waals surface area (Å²) in [5, 5.41) is 3.05. The van der Waals surface area contributed by atoms with Crippen LogP contribution in [0.1, 0.15) is 40.9 Å². The normalized spacial score (nSPS) is 10.5. The highest BCUT2D eigenvalue weighted by atomic mass is 16.5. The molecule has 0 aliphatic carbocycles. The Hall–Kier alpha value is -2.33. The van der Waals surface area contributed by atoms with Gasteiger partial charge in [0.1, 0.15) is 5.75 Å². The Morgan fingerprint density at radius 3 is 2.58 bits per heavy atom. The zero-order valence-corrected chi connectivity index (χ0v) is 14.8. The van der Waals surface area contributed by atoms with E-state index in [-0.39, 0.29) is 5.91 Å². The SMILES string of the molecule is CCOCc1cc(C(=O)Nc2c(C)cccc2CC)ccc1OC. The molecule has 2 aromatic carbocycles. The van der Waals surface area contributed by atoms with E-state index in [0.29, 0.717) is 18.8 Å². The standard InChI is InChI=1S/C20H25NO3/c1-5-15-9-7-8-14(3)19(15)21-20(22)16-10-11-18(23-4)17(12-16)13-24-6-2/h7-12H,5-6,13H2,1-4H3,(H,21,22). The first kappa shape index (κ1) is 18.0. The summed E-state index contributed by atoms with van der Waals surface area (Å²) in [6, 6.07) is 11.5. The number of methoxy groups -OCH3 is 1. The molecule has 0 saturated heterocycles. The van der Waals surface area contributed by atoms with Crippen LogP contribution in [0, 0.1) is 6.92 Å². The van der Waals surface area contributed by atoms with Gasteiger partial charge in [0, 0.05) is 23.4 Å². The molecule has 0 bridgehead atoms. The van der Waals surface area contributed by atoms with Crippen molar-refractivity contribution in [2.24, 2.45) is 0 Å². The van der Waals surface area contributed by atoms with Crippen molar-refractivity contribution < 1.29 is 14.3 Å². The van der Waals surface area contributed by atoms with Crippen molar-refractivity contribution in [1.29, 1.82) is 0 Å². The smallest absolute Gasteiger partial charge is 0.255 e. The van der Waals surface area contributed by atoms with Crippen LogP contribution in [0.4, 0.5) is 5.69 Å². The van der Waals surface area contributed by atoms with Crippen LogP contribution in [-0.2, 0) is 17.8 Å². The summed E-state index contributed by atoms with van der Waals surface area (Å²) in [5.74, 6) is 0.601. The van der Waals surface area contributed by atoms with Gasteiger partial charge in [-0.25, -0.2) is 0 Å². The number of carbonyl (C=O) groups is 1. The average Bonchev–Trinajstić information content (AvgIpc) is 2.61. The minimum Gasteiger partial charge on any atom is -0.496 e. The van der Waals surface area contributed by atoms with Crippen molar-refractivity contribution in [2.45, 2.75) is 33.8 Å². The van der Waals surface area contributed by atoms with E-state index in [1.54, 1.807) is 13.2 Å². The van der Waals surface area contributed by atoms with Crippen LogP contribution in [0.25, 0.3) is 0 Å². The van der Waals surface area contributed by atoms with E-state index in [2.05, 4.69) is 12.2 Å². The molecular weight excluding hydrogens is 302 g/mol. The number of benzene rings is 2. The fraction of sp³-hybridized carbons (Fsp3) is 0.350. The van der Waals surface area contributed by atoms with Crippen molar-refractivity contribution in [3.05, 3.63) is 58.7 Å². The Bertz CT molecular complexity index is 710. The van der Waals surface area contributed by atoms with Gasteiger partial charge in [-0.1, -0.05) is 25.1 Å². The van der Waals surface area contributed by atoms with Crippen molar-refractivity contribution in [3.8, 4) is 5.75 Å². The Labute approximate surface area is 143 Å². The Morgan fingerprint density at radius 2 is 1.92 bits per heavy atom. The quantitative estimate of drug-likeness (QED) is 0.822. The Kier molecular flexibility index (Phi) is 6.38. The predicted molar refractivity (Wildman–Crippen MR) is 96.8 cm³/mol. The first-order valence-electron chi connectivity index (χ1n) is 8.25. The van der Waals surface area contributed by atoms with Gasteiger partial charge in [-0.3, -0.25) is 4.79 Å². The predicted octanol–water partition coefficient (Wildman–Crippen LogP) is 4.35. The minimum absolute atomic E-state index is 0.126. The average molecular weight is 327 g/mol. The van der Waals surface area contributed by atoms with E-state index in [1.807, 2.05) is 44.2 Å². The van der Waals surface area contributed by atoms with E-state index in [1.165, 1.54) is 0 Å². The number of anilines is 1. The number of rotatable bonds is 7. The van der Waals surface area contributed by atoms with Crippen molar-refractivity contribution >= 4 is 11.6 Å². The molecule has 0 unspecified atom stereocenters. The van der Waals surface area contributed by atoms with Gasteiger partial charge >= 0.3 is 0 Å². The number of carbonyl (C=O) groups excluding carboxylic acids is 1. The van der Waals surface area contributed by atoms with Crippen LogP contribution < -0.4 is 10.1 Å². The fourth-order valence-electron chi connectivity index (χ4n) is 2.63. The second-order valence-electron chi connectivity index (χ2n) is 5.58. The summed E-state index contributed by atoms with van der Waals surface area (Å²) < 4.78 is 10.8. The van der Waals surface area contributed by atoms with Crippen LogP contribution in [0.3, 0.4) is 0 Å². The van der Waals surface area contributed by atoms with Gasteiger partial charge in [0.15, 0.2) is 0 Å². The van der Waals surface area contributed by atoms with Crippen molar-refractivity contribution in [1.82, 2.24) is 0 Å². The first-order chi connectivity index (χ1) is 11.6. The number of ether oxygens (including phenoxy) is 2. The van der Waals surface area contributed by atoms with Gasteiger partial charge in [-0.15, -0.1) is 0 Å². The van der Waals surface area contributed by atoms with Crippen LogP contribution in [0.2, 0.25) is 0 Å². The summed E-state index contributed by atoms with van der Waals surface area (Å²) >= 11 is 0. The number of aryl methyl sites for hydroxylation is 2. The summed E-state index contributed by atoms with van der Waals surface area (Å²) in [5.41, 5.74) is 4.55. The fourth-order valence-corrected chi connectivity index (χ4v) is 2.63. The summed E-state index contributed by atoms with van der Waals surface area (Å²) in [7, 11) is 1.62. The maximum absolute atomic E-state index is 12.7. The molecule has 2 aromatic rings. The highest BCUT2D eigenvalue weighted by molar-refractivity contribution is 6.05. The molecule has 0 aliphatic rings. The third kappa shape index (κ3) is 4.15. The lowest BCUT2D eigenvalue weighted by molar-refractivity contribution is 0.102. The molecule has 4 heteroatoms. The lowest BCUT2D eigenvalue weighted by Gasteiger charge is -2.14. The number of amides is 1. The molecule has 0 fully saturated rings. The van der Waals surface area contributed by atoms with E-state index >= 15 is 0 Å². The van der Waals surface area contributed by atoms with E-state index in [4.69, 9.17) is 9.47 Å². The molecular formula is C20H25NO3. The Balaban J connectivity index is 2.27. The van der Waals surface area contributed by atoms with Crippen LogP contribution >= 0.6 is 0 Å². The van der Waals surface area contributed by atoms with E-state index < -0.39 is 0 Å². The third-order valence-electron chi connectivity index (χ3n) is 3.98.